The normalized spacial score (nSPS) is 20.1. The lowest BCUT2D eigenvalue weighted by Crippen LogP contribution is -2.28. The molecule has 0 radical (unpaired) electrons. The second kappa shape index (κ2) is 4.13. The molecule has 1 aromatic rings. The first-order chi connectivity index (χ1) is 6.85. The molecule has 14 heavy (non-hydrogen) atoms. The molecule has 0 aromatic carbocycles. The van der Waals surface area contributed by atoms with Gasteiger partial charge in [0.25, 0.3) is 0 Å². The maximum atomic E-state index is 5.88. The minimum Gasteiger partial charge on any atom is -0.330 e. The topological polar surface area (TPSA) is 43.8 Å². The summed E-state index contributed by atoms with van der Waals surface area (Å²) in [4.78, 5) is 0. The molecular weight excluding hydrogens is 174 g/mol. The molecule has 78 valence electrons. The van der Waals surface area contributed by atoms with Crippen molar-refractivity contribution < 1.29 is 0 Å². The predicted molar refractivity (Wildman–Crippen MR) is 56.8 cm³/mol. The smallest absolute Gasteiger partial charge is 0.0489 e. The molecule has 3 heteroatoms. The molecule has 3 nitrogen and oxygen atoms in total. The highest BCUT2D eigenvalue weighted by molar-refractivity contribution is 4.86. The highest BCUT2D eigenvalue weighted by Crippen LogP contribution is 2.40. The van der Waals surface area contributed by atoms with Crippen LogP contribution in [0.4, 0.5) is 0 Å². The fourth-order valence-corrected chi connectivity index (χ4v) is 2.47. The van der Waals surface area contributed by atoms with Crippen LogP contribution < -0.4 is 5.73 Å². The molecule has 1 heterocycles. The van der Waals surface area contributed by atoms with Gasteiger partial charge in [0.1, 0.15) is 0 Å². The van der Waals surface area contributed by atoms with Crippen molar-refractivity contribution in [2.45, 2.75) is 38.6 Å². The quantitative estimate of drug-likeness (QED) is 0.792. The summed E-state index contributed by atoms with van der Waals surface area (Å²) in [5.41, 5.74) is 6.30. The summed E-state index contributed by atoms with van der Waals surface area (Å²) < 4.78 is 2.01. The third-order valence-corrected chi connectivity index (χ3v) is 3.53. The van der Waals surface area contributed by atoms with Gasteiger partial charge in [0.15, 0.2) is 0 Å². The molecule has 0 spiro atoms. The van der Waals surface area contributed by atoms with E-state index in [0.717, 1.165) is 13.1 Å². The van der Waals surface area contributed by atoms with Gasteiger partial charge in [-0.2, -0.15) is 5.10 Å². The second-order valence-electron chi connectivity index (χ2n) is 4.43. The van der Waals surface area contributed by atoms with E-state index in [2.05, 4.69) is 5.10 Å². The largest absolute Gasteiger partial charge is 0.330 e. The molecule has 2 N–H and O–H groups in total. The van der Waals surface area contributed by atoms with E-state index < -0.39 is 0 Å². The van der Waals surface area contributed by atoms with Crippen molar-refractivity contribution in [2.24, 2.45) is 11.1 Å². The van der Waals surface area contributed by atoms with Crippen LogP contribution in [0.3, 0.4) is 0 Å². The maximum absolute atomic E-state index is 5.88. The van der Waals surface area contributed by atoms with Crippen molar-refractivity contribution in [1.29, 1.82) is 0 Å². The summed E-state index contributed by atoms with van der Waals surface area (Å²) in [7, 11) is 0. The molecule has 1 saturated carbocycles. The number of rotatable bonds is 4. The lowest BCUT2D eigenvalue weighted by molar-refractivity contribution is 0.261. The highest BCUT2D eigenvalue weighted by Gasteiger charge is 2.31. The molecule has 1 aliphatic carbocycles. The minimum absolute atomic E-state index is 0.423. The lowest BCUT2D eigenvalue weighted by atomic mass is 9.83. The van der Waals surface area contributed by atoms with Crippen LogP contribution in [0.15, 0.2) is 18.5 Å². The molecule has 0 aliphatic heterocycles. The summed E-state index contributed by atoms with van der Waals surface area (Å²) in [6, 6.07) is 1.98. The van der Waals surface area contributed by atoms with Crippen molar-refractivity contribution in [2.75, 3.05) is 6.54 Å². The van der Waals surface area contributed by atoms with E-state index in [1.54, 1.807) is 0 Å². The van der Waals surface area contributed by atoms with Gasteiger partial charge >= 0.3 is 0 Å². The van der Waals surface area contributed by atoms with Gasteiger partial charge in [-0.05, 0) is 37.3 Å². The van der Waals surface area contributed by atoms with Gasteiger partial charge in [-0.15, -0.1) is 0 Å². The molecule has 0 unspecified atom stereocenters. The second-order valence-corrected chi connectivity index (χ2v) is 4.43. The van der Waals surface area contributed by atoms with Crippen LogP contribution >= 0.6 is 0 Å². The van der Waals surface area contributed by atoms with Gasteiger partial charge in [0, 0.05) is 18.9 Å². The van der Waals surface area contributed by atoms with Crippen LogP contribution in [0.25, 0.3) is 0 Å². The first-order valence-corrected chi connectivity index (χ1v) is 5.52. The SMILES string of the molecule is NCC1(CCn2cccn2)CCCC1. The number of nitrogens with zero attached hydrogens (tertiary/aromatic N) is 2. The number of nitrogens with two attached hydrogens (primary N) is 1. The third kappa shape index (κ3) is 1.98. The highest BCUT2D eigenvalue weighted by atomic mass is 15.3. The zero-order valence-corrected chi connectivity index (χ0v) is 8.65. The Morgan fingerprint density at radius 2 is 2.14 bits per heavy atom. The summed E-state index contributed by atoms with van der Waals surface area (Å²) in [5.74, 6) is 0. The summed E-state index contributed by atoms with van der Waals surface area (Å²) in [6.45, 7) is 1.86. The fourth-order valence-electron chi connectivity index (χ4n) is 2.47. The number of hydrogen-bond acceptors (Lipinski definition) is 2. The number of aryl methyl sites for hydroxylation is 1. The van der Waals surface area contributed by atoms with E-state index >= 15 is 0 Å². The number of aromatic nitrogens is 2. The maximum Gasteiger partial charge on any atom is 0.0489 e. The molecule has 1 fully saturated rings. The Morgan fingerprint density at radius 3 is 2.71 bits per heavy atom. The zero-order chi connectivity index (χ0) is 9.86. The third-order valence-electron chi connectivity index (χ3n) is 3.53. The van der Waals surface area contributed by atoms with Gasteiger partial charge < -0.3 is 5.73 Å². The standard InChI is InChI=1S/C11H19N3/c12-10-11(4-1-2-5-11)6-9-14-8-3-7-13-14/h3,7-8H,1-2,4-6,9-10,12H2. The van der Waals surface area contributed by atoms with Gasteiger partial charge in [-0.3, -0.25) is 4.68 Å². The van der Waals surface area contributed by atoms with E-state index in [9.17, 15) is 0 Å². The van der Waals surface area contributed by atoms with E-state index in [4.69, 9.17) is 5.73 Å². The van der Waals surface area contributed by atoms with Crippen LogP contribution in [0.1, 0.15) is 32.1 Å². The van der Waals surface area contributed by atoms with Crippen molar-refractivity contribution in [1.82, 2.24) is 9.78 Å². The van der Waals surface area contributed by atoms with Crippen molar-refractivity contribution in [3.8, 4) is 0 Å². The van der Waals surface area contributed by atoms with Gasteiger partial charge in [0.05, 0.1) is 0 Å². The van der Waals surface area contributed by atoms with Crippen LogP contribution in [0.5, 0.6) is 0 Å². The minimum atomic E-state index is 0.423. The molecule has 0 amide bonds. The van der Waals surface area contributed by atoms with Crippen molar-refractivity contribution >= 4 is 0 Å². The van der Waals surface area contributed by atoms with E-state index in [0.29, 0.717) is 5.41 Å². The monoisotopic (exact) mass is 193 g/mol. The molecule has 1 aliphatic rings. The van der Waals surface area contributed by atoms with Crippen molar-refractivity contribution in [3.05, 3.63) is 18.5 Å². The Hall–Kier alpha value is -0.830. The summed E-state index contributed by atoms with van der Waals surface area (Å²) in [5, 5.41) is 4.22. The Balaban J connectivity index is 1.89. The van der Waals surface area contributed by atoms with Gasteiger partial charge in [-0.25, -0.2) is 0 Å². The molecule has 0 saturated heterocycles. The van der Waals surface area contributed by atoms with Gasteiger partial charge in [-0.1, -0.05) is 12.8 Å². The Kier molecular flexibility index (Phi) is 2.87. The van der Waals surface area contributed by atoms with E-state index in [1.165, 1.54) is 32.1 Å². The Labute approximate surface area is 85.3 Å². The van der Waals surface area contributed by atoms with Crippen LogP contribution in [-0.4, -0.2) is 16.3 Å². The Morgan fingerprint density at radius 1 is 1.36 bits per heavy atom. The molecular formula is C11H19N3. The van der Waals surface area contributed by atoms with E-state index in [-0.39, 0.29) is 0 Å². The van der Waals surface area contributed by atoms with Crippen molar-refractivity contribution in [3.63, 3.8) is 0 Å². The first kappa shape index (κ1) is 9.71. The van der Waals surface area contributed by atoms with Gasteiger partial charge in [0.2, 0.25) is 0 Å². The van der Waals surface area contributed by atoms with Crippen LogP contribution in [0, 0.1) is 5.41 Å². The number of hydrogen-bond donors (Lipinski definition) is 1. The van der Waals surface area contributed by atoms with Crippen LogP contribution in [-0.2, 0) is 6.54 Å². The predicted octanol–water partition coefficient (Wildman–Crippen LogP) is 1.79. The summed E-state index contributed by atoms with van der Waals surface area (Å²) >= 11 is 0. The average Bonchev–Trinajstić information content (AvgIpc) is 2.87. The van der Waals surface area contributed by atoms with Crippen LogP contribution in [0.2, 0.25) is 0 Å². The molecule has 0 bridgehead atoms. The molecule has 1 aromatic heterocycles. The fraction of sp³-hybridized carbons (Fsp3) is 0.727. The lowest BCUT2D eigenvalue weighted by Gasteiger charge is -2.26. The first-order valence-electron chi connectivity index (χ1n) is 5.52. The van der Waals surface area contributed by atoms with E-state index in [1.807, 2.05) is 23.1 Å². The average molecular weight is 193 g/mol. The summed E-state index contributed by atoms with van der Waals surface area (Å²) in [6.07, 6.45) is 10.4. The molecule has 2 rings (SSSR count). The zero-order valence-electron chi connectivity index (χ0n) is 8.65. The molecule has 0 atom stereocenters. The Bertz CT molecular complexity index is 260.